The summed E-state index contributed by atoms with van der Waals surface area (Å²) in [7, 11) is 0. The highest BCUT2D eigenvalue weighted by molar-refractivity contribution is 14.0. The molecular weight excluding hydrogens is 512 g/mol. The molecule has 0 aromatic heterocycles. The molecule has 0 amide bonds. The number of guanidine groups is 1. The summed E-state index contributed by atoms with van der Waals surface area (Å²) in [5.41, 5.74) is 0.708. The molecule has 10 heteroatoms. The van der Waals surface area contributed by atoms with Gasteiger partial charge in [0.15, 0.2) is 12.6 Å². The first-order valence-corrected chi connectivity index (χ1v) is 9.83. The summed E-state index contributed by atoms with van der Waals surface area (Å²) < 4.78 is 47.2. The molecule has 0 spiro atoms. The molecule has 1 aliphatic rings. The summed E-state index contributed by atoms with van der Waals surface area (Å²) >= 11 is 0. The lowest BCUT2D eigenvalue weighted by Crippen LogP contribution is -2.56. The average molecular weight is 544 g/mol. The molecule has 1 fully saturated rings. The molecule has 0 radical (unpaired) electrons. The highest BCUT2D eigenvalue weighted by Gasteiger charge is 2.29. The lowest BCUT2D eigenvalue weighted by atomic mass is 10.0. The van der Waals surface area contributed by atoms with Crippen LogP contribution in [0.15, 0.2) is 29.3 Å². The van der Waals surface area contributed by atoms with Gasteiger partial charge in [0.05, 0.1) is 19.8 Å². The number of rotatable bonds is 8. The van der Waals surface area contributed by atoms with Gasteiger partial charge in [-0.2, -0.15) is 13.2 Å². The van der Waals surface area contributed by atoms with Gasteiger partial charge in [-0.15, -0.1) is 24.0 Å². The first kappa shape index (κ1) is 26.8. The molecule has 0 unspecified atom stereocenters. The van der Waals surface area contributed by atoms with Gasteiger partial charge in [-0.05, 0) is 38.5 Å². The average Bonchev–Trinajstić information content (AvgIpc) is 2.69. The van der Waals surface area contributed by atoms with Gasteiger partial charge in [0, 0.05) is 31.7 Å². The Bertz CT molecular complexity index is 666. The summed E-state index contributed by atoms with van der Waals surface area (Å²) in [4.78, 5) is 6.94. The van der Waals surface area contributed by atoms with Gasteiger partial charge in [0.1, 0.15) is 5.75 Å². The fourth-order valence-electron chi connectivity index (χ4n) is 2.99. The van der Waals surface area contributed by atoms with Crippen molar-refractivity contribution in [2.24, 2.45) is 4.99 Å². The Hall–Kier alpha value is -1.27. The maximum atomic E-state index is 12.3. The molecule has 0 saturated carbocycles. The first-order valence-electron chi connectivity index (χ1n) is 9.83. The minimum Gasteiger partial charge on any atom is -0.484 e. The van der Waals surface area contributed by atoms with E-state index in [4.69, 9.17) is 9.47 Å². The van der Waals surface area contributed by atoms with Crippen molar-refractivity contribution in [2.75, 3.05) is 46.0 Å². The van der Waals surface area contributed by atoms with E-state index >= 15 is 0 Å². The van der Waals surface area contributed by atoms with Crippen LogP contribution in [-0.4, -0.2) is 68.6 Å². The van der Waals surface area contributed by atoms with Crippen LogP contribution in [-0.2, 0) is 11.3 Å². The number of benzene rings is 1. The van der Waals surface area contributed by atoms with Crippen LogP contribution in [0.3, 0.4) is 0 Å². The van der Waals surface area contributed by atoms with E-state index in [1.165, 1.54) is 6.07 Å². The molecule has 0 aliphatic carbocycles. The van der Waals surface area contributed by atoms with Gasteiger partial charge in [-0.25, -0.2) is 4.99 Å². The topological polar surface area (TPSA) is 58.1 Å². The molecule has 1 aromatic rings. The normalized spacial score (nSPS) is 16.0. The van der Waals surface area contributed by atoms with Crippen LogP contribution in [0, 0.1) is 0 Å². The van der Waals surface area contributed by atoms with E-state index < -0.39 is 12.8 Å². The number of nitrogens with one attached hydrogen (secondary N) is 2. The van der Waals surface area contributed by atoms with E-state index in [0.717, 1.165) is 31.9 Å². The summed E-state index contributed by atoms with van der Waals surface area (Å²) in [6.07, 6.45) is -4.36. The SMILES string of the molecule is CCNC(=NCc1cccc(OCC(F)(F)F)c1)NCC(C)(C)N1CCOCC1.I. The predicted molar refractivity (Wildman–Crippen MR) is 123 cm³/mol. The quantitative estimate of drug-likeness (QED) is 0.299. The van der Waals surface area contributed by atoms with Gasteiger partial charge in [-0.1, -0.05) is 12.1 Å². The van der Waals surface area contributed by atoms with Crippen molar-refractivity contribution in [3.8, 4) is 5.75 Å². The van der Waals surface area contributed by atoms with Crippen molar-refractivity contribution in [1.82, 2.24) is 15.5 Å². The van der Waals surface area contributed by atoms with Gasteiger partial charge in [0.25, 0.3) is 0 Å². The molecule has 172 valence electrons. The third-order valence-electron chi connectivity index (χ3n) is 4.62. The third kappa shape index (κ3) is 9.69. The lowest BCUT2D eigenvalue weighted by molar-refractivity contribution is -0.153. The van der Waals surface area contributed by atoms with Gasteiger partial charge >= 0.3 is 6.18 Å². The number of morpholine rings is 1. The minimum atomic E-state index is -4.36. The van der Waals surface area contributed by atoms with Crippen molar-refractivity contribution >= 4 is 29.9 Å². The molecule has 2 rings (SSSR count). The Morgan fingerprint density at radius 3 is 2.53 bits per heavy atom. The minimum absolute atomic E-state index is 0. The zero-order chi connectivity index (χ0) is 21.3. The van der Waals surface area contributed by atoms with Crippen molar-refractivity contribution in [3.05, 3.63) is 29.8 Å². The maximum Gasteiger partial charge on any atom is 0.422 e. The second kappa shape index (κ2) is 12.6. The smallest absolute Gasteiger partial charge is 0.422 e. The highest BCUT2D eigenvalue weighted by Crippen LogP contribution is 2.20. The molecule has 0 atom stereocenters. The predicted octanol–water partition coefficient (Wildman–Crippen LogP) is 3.41. The summed E-state index contributed by atoms with van der Waals surface area (Å²) in [5, 5.41) is 6.57. The van der Waals surface area contributed by atoms with Crippen molar-refractivity contribution in [2.45, 2.75) is 39.0 Å². The molecule has 1 aromatic carbocycles. The Morgan fingerprint density at radius 2 is 1.90 bits per heavy atom. The van der Waals surface area contributed by atoms with Crippen molar-refractivity contribution in [1.29, 1.82) is 0 Å². The Balaban J connectivity index is 0.00000450. The van der Waals surface area contributed by atoms with E-state index in [1.807, 2.05) is 13.0 Å². The van der Waals surface area contributed by atoms with Crippen LogP contribution in [0.4, 0.5) is 13.2 Å². The number of halogens is 4. The number of aliphatic imine (C=N–C) groups is 1. The van der Waals surface area contributed by atoms with Crippen LogP contribution >= 0.6 is 24.0 Å². The number of hydrogen-bond donors (Lipinski definition) is 2. The molecule has 6 nitrogen and oxygen atoms in total. The maximum absolute atomic E-state index is 12.3. The molecular formula is C20H32F3IN4O2. The highest BCUT2D eigenvalue weighted by atomic mass is 127. The third-order valence-corrected chi connectivity index (χ3v) is 4.62. The van der Waals surface area contributed by atoms with Crippen molar-refractivity contribution in [3.63, 3.8) is 0 Å². The van der Waals surface area contributed by atoms with Gasteiger partial charge < -0.3 is 20.1 Å². The molecule has 1 saturated heterocycles. The number of nitrogens with zero attached hydrogens (tertiary/aromatic N) is 2. The fraction of sp³-hybridized carbons (Fsp3) is 0.650. The molecule has 0 bridgehead atoms. The Kier molecular flexibility index (Phi) is 11.2. The zero-order valence-corrected chi connectivity index (χ0v) is 20.0. The zero-order valence-electron chi connectivity index (χ0n) is 17.7. The number of ether oxygens (including phenoxy) is 2. The van der Waals surface area contributed by atoms with Crippen LogP contribution in [0.1, 0.15) is 26.3 Å². The van der Waals surface area contributed by atoms with Gasteiger partial charge in [0.2, 0.25) is 0 Å². The monoisotopic (exact) mass is 544 g/mol. The van der Waals surface area contributed by atoms with Crippen LogP contribution in [0.2, 0.25) is 0 Å². The summed E-state index contributed by atoms with van der Waals surface area (Å²) in [6.45, 7) is 10.0. The van der Waals surface area contributed by atoms with Crippen molar-refractivity contribution < 1.29 is 22.6 Å². The number of hydrogen-bond acceptors (Lipinski definition) is 4. The second-order valence-electron chi connectivity index (χ2n) is 7.51. The van der Waals surface area contributed by atoms with Crippen LogP contribution < -0.4 is 15.4 Å². The van der Waals surface area contributed by atoms with Gasteiger partial charge in [-0.3, -0.25) is 4.90 Å². The van der Waals surface area contributed by atoms with Crippen LogP contribution in [0.25, 0.3) is 0 Å². The number of alkyl halides is 3. The summed E-state index contributed by atoms with van der Waals surface area (Å²) in [6, 6.07) is 6.56. The Morgan fingerprint density at radius 1 is 1.20 bits per heavy atom. The fourth-order valence-corrected chi connectivity index (χ4v) is 2.99. The van der Waals surface area contributed by atoms with E-state index in [0.29, 0.717) is 25.6 Å². The molecule has 1 heterocycles. The van der Waals surface area contributed by atoms with E-state index in [2.05, 4.69) is 34.4 Å². The largest absolute Gasteiger partial charge is 0.484 e. The standard InChI is InChI=1S/C20H31F3N4O2.HI/c1-4-24-18(26-14-19(2,3)27-8-10-28-11-9-27)25-13-16-6-5-7-17(12-16)29-15-20(21,22)23;/h5-7,12H,4,8-11,13-15H2,1-3H3,(H2,24,25,26);1H. The second-order valence-corrected chi connectivity index (χ2v) is 7.51. The van der Waals surface area contributed by atoms with E-state index in [1.54, 1.807) is 12.1 Å². The molecule has 30 heavy (non-hydrogen) atoms. The van der Waals surface area contributed by atoms with Crippen LogP contribution in [0.5, 0.6) is 5.75 Å². The Labute approximate surface area is 193 Å². The first-order chi connectivity index (χ1) is 13.7. The van der Waals surface area contributed by atoms with E-state index in [9.17, 15) is 13.2 Å². The lowest BCUT2D eigenvalue weighted by Gasteiger charge is -2.41. The van der Waals surface area contributed by atoms with E-state index in [-0.39, 0.29) is 35.3 Å². The molecule has 2 N–H and O–H groups in total. The summed E-state index contributed by atoms with van der Waals surface area (Å²) in [5.74, 6) is 0.844. The molecule has 1 aliphatic heterocycles.